The van der Waals surface area contributed by atoms with Gasteiger partial charge in [0.2, 0.25) is 6.29 Å². The highest BCUT2D eigenvalue weighted by atomic mass is 35.5. The second-order valence-electron chi connectivity index (χ2n) is 7.24. The maximum absolute atomic E-state index is 11.7. The smallest absolute Gasteiger partial charge is 0.251 e. The fourth-order valence-electron chi connectivity index (χ4n) is 3.25. The van der Waals surface area contributed by atoms with Crippen LogP contribution in [0.2, 0.25) is 5.02 Å². The molecule has 0 bridgehead atoms. The quantitative estimate of drug-likeness (QED) is 0.470. The normalized spacial score (nSPS) is 28.8. The summed E-state index contributed by atoms with van der Waals surface area (Å²) in [5.41, 5.74) is -0.107. The summed E-state index contributed by atoms with van der Waals surface area (Å²) in [6, 6.07) is 11.8. The van der Waals surface area contributed by atoms with Crippen molar-refractivity contribution in [3.63, 3.8) is 0 Å². The molecular weight excluding hydrogens is 414 g/mol. The first kappa shape index (κ1) is 22.5. The predicted octanol–water partition coefficient (Wildman–Crippen LogP) is 0.935. The van der Waals surface area contributed by atoms with Gasteiger partial charge in [0.1, 0.15) is 24.1 Å². The van der Waals surface area contributed by atoms with Gasteiger partial charge in [0.25, 0.3) is 5.91 Å². The van der Waals surface area contributed by atoms with Gasteiger partial charge in [-0.15, -0.1) is 0 Å². The van der Waals surface area contributed by atoms with E-state index in [0.29, 0.717) is 11.1 Å². The SMILES string of the molecule is CNC(=O)c1ccc(-c2cccc(OC3O[C@H](CO)[C@@H](O)[C@H](O)[C@]3(C)O)c2Cl)cc1. The summed E-state index contributed by atoms with van der Waals surface area (Å²) in [7, 11) is 1.55. The molecule has 1 unspecified atom stereocenters. The van der Waals surface area contributed by atoms with Gasteiger partial charge in [-0.1, -0.05) is 35.9 Å². The molecule has 162 valence electrons. The standard InChI is InChI=1S/C21H24ClNO7/c1-21(28)18(26)17(25)15(10-24)30-20(21)29-14-5-3-4-13(16(14)22)11-6-8-12(9-7-11)19(27)23-2/h3-9,15,17-18,20,24-26,28H,10H2,1-2H3,(H,23,27)/t15-,17-,18+,20?,21+/m1/s1. The lowest BCUT2D eigenvalue weighted by atomic mass is 9.88. The minimum atomic E-state index is -1.96. The number of benzene rings is 2. The molecule has 9 heteroatoms. The van der Waals surface area contributed by atoms with Crippen LogP contribution in [0.3, 0.4) is 0 Å². The third kappa shape index (κ3) is 4.15. The molecule has 0 radical (unpaired) electrons. The van der Waals surface area contributed by atoms with Crippen molar-refractivity contribution in [3.8, 4) is 16.9 Å². The average Bonchev–Trinajstić information content (AvgIpc) is 2.75. The fourth-order valence-corrected chi connectivity index (χ4v) is 3.53. The molecule has 0 saturated carbocycles. The third-order valence-corrected chi connectivity index (χ3v) is 5.53. The molecule has 1 aliphatic heterocycles. The first-order valence-corrected chi connectivity index (χ1v) is 9.71. The van der Waals surface area contributed by atoms with Crippen molar-refractivity contribution in [2.75, 3.05) is 13.7 Å². The van der Waals surface area contributed by atoms with Crippen molar-refractivity contribution in [1.29, 1.82) is 0 Å². The van der Waals surface area contributed by atoms with Crippen molar-refractivity contribution in [3.05, 3.63) is 53.1 Å². The first-order valence-electron chi connectivity index (χ1n) is 9.33. The molecule has 2 aromatic rings. The molecule has 30 heavy (non-hydrogen) atoms. The van der Waals surface area contributed by atoms with Gasteiger partial charge in [-0.3, -0.25) is 4.79 Å². The number of halogens is 1. The van der Waals surface area contributed by atoms with Crippen molar-refractivity contribution in [2.45, 2.75) is 37.1 Å². The van der Waals surface area contributed by atoms with Crippen LogP contribution in [-0.4, -0.2) is 70.2 Å². The van der Waals surface area contributed by atoms with Crippen molar-refractivity contribution in [1.82, 2.24) is 5.32 Å². The summed E-state index contributed by atoms with van der Waals surface area (Å²) in [5.74, 6) is -0.0318. The molecule has 1 fully saturated rings. The van der Waals surface area contributed by atoms with Crippen molar-refractivity contribution in [2.24, 2.45) is 0 Å². The summed E-state index contributed by atoms with van der Waals surface area (Å²) >= 11 is 6.52. The topological polar surface area (TPSA) is 128 Å². The van der Waals surface area contributed by atoms with E-state index in [4.69, 9.17) is 21.1 Å². The summed E-state index contributed by atoms with van der Waals surface area (Å²) in [6.07, 6.45) is -5.61. The van der Waals surface area contributed by atoms with Crippen LogP contribution in [0.4, 0.5) is 0 Å². The van der Waals surface area contributed by atoms with E-state index in [-0.39, 0.29) is 16.7 Å². The number of carbonyl (C=O) groups is 1. The lowest BCUT2D eigenvalue weighted by molar-refractivity contribution is -0.314. The first-order chi connectivity index (χ1) is 14.2. The van der Waals surface area contributed by atoms with Crippen LogP contribution < -0.4 is 10.1 Å². The number of hydrogen-bond acceptors (Lipinski definition) is 7. The minimum absolute atomic E-state index is 0.176. The van der Waals surface area contributed by atoms with Gasteiger partial charge in [-0.2, -0.15) is 0 Å². The Kier molecular flexibility index (Phi) is 6.66. The summed E-state index contributed by atoms with van der Waals surface area (Å²) in [6.45, 7) is 0.689. The molecule has 5 atom stereocenters. The maximum Gasteiger partial charge on any atom is 0.251 e. The van der Waals surface area contributed by atoms with E-state index < -0.39 is 36.8 Å². The zero-order valence-corrected chi connectivity index (χ0v) is 17.2. The monoisotopic (exact) mass is 437 g/mol. The zero-order valence-electron chi connectivity index (χ0n) is 16.4. The molecular formula is C21H24ClNO7. The van der Waals surface area contributed by atoms with E-state index >= 15 is 0 Å². The Morgan fingerprint density at radius 2 is 1.90 bits per heavy atom. The molecule has 1 heterocycles. The minimum Gasteiger partial charge on any atom is -0.460 e. The van der Waals surface area contributed by atoms with Gasteiger partial charge >= 0.3 is 0 Å². The highest BCUT2D eigenvalue weighted by Gasteiger charge is 2.53. The number of ether oxygens (including phenoxy) is 2. The van der Waals surface area contributed by atoms with Gasteiger partial charge in [-0.25, -0.2) is 0 Å². The Hall–Kier alpha value is -2.20. The molecule has 1 aliphatic rings. The summed E-state index contributed by atoms with van der Waals surface area (Å²) < 4.78 is 11.2. The maximum atomic E-state index is 11.7. The second kappa shape index (κ2) is 8.89. The Morgan fingerprint density at radius 1 is 1.23 bits per heavy atom. The number of amides is 1. The largest absolute Gasteiger partial charge is 0.460 e. The van der Waals surface area contributed by atoms with Gasteiger partial charge in [0.15, 0.2) is 5.60 Å². The van der Waals surface area contributed by atoms with Crippen molar-refractivity contribution < 1.29 is 34.7 Å². The number of hydrogen-bond donors (Lipinski definition) is 5. The Labute approximate surface area is 178 Å². The van der Waals surface area contributed by atoms with E-state index in [9.17, 15) is 25.2 Å². The zero-order chi connectivity index (χ0) is 22.1. The number of rotatable bonds is 5. The van der Waals surface area contributed by atoms with E-state index in [1.807, 2.05) is 0 Å². The van der Waals surface area contributed by atoms with Gasteiger partial charge in [0, 0.05) is 18.2 Å². The van der Waals surface area contributed by atoms with Crippen LogP contribution in [0.1, 0.15) is 17.3 Å². The van der Waals surface area contributed by atoms with E-state index in [2.05, 4.69) is 5.32 Å². The van der Waals surface area contributed by atoms with E-state index in [0.717, 1.165) is 5.56 Å². The number of carbonyl (C=O) groups excluding carboxylic acids is 1. The molecule has 0 aromatic heterocycles. The predicted molar refractivity (Wildman–Crippen MR) is 109 cm³/mol. The Bertz CT molecular complexity index is 903. The summed E-state index contributed by atoms with van der Waals surface area (Å²) in [5, 5.41) is 42.9. The molecule has 8 nitrogen and oxygen atoms in total. The summed E-state index contributed by atoms with van der Waals surface area (Å²) in [4.78, 5) is 11.7. The molecule has 1 amide bonds. The molecule has 0 spiro atoms. The van der Waals surface area contributed by atoms with Gasteiger partial charge < -0.3 is 35.2 Å². The number of aliphatic hydroxyl groups excluding tert-OH is 3. The molecule has 5 N–H and O–H groups in total. The van der Waals surface area contributed by atoms with Crippen molar-refractivity contribution >= 4 is 17.5 Å². The van der Waals surface area contributed by atoms with Gasteiger partial charge in [-0.05, 0) is 30.7 Å². The lowest BCUT2D eigenvalue weighted by Crippen LogP contribution is -2.66. The van der Waals surface area contributed by atoms with Crippen LogP contribution in [0.15, 0.2) is 42.5 Å². The van der Waals surface area contributed by atoms with E-state index in [1.165, 1.54) is 6.92 Å². The second-order valence-corrected chi connectivity index (χ2v) is 7.62. The molecule has 1 saturated heterocycles. The Balaban J connectivity index is 1.89. The van der Waals surface area contributed by atoms with E-state index in [1.54, 1.807) is 49.5 Å². The number of nitrogens with one attached hydrogen (secondary N) is 1. The highest BCUT2D eigenvalue weighted by Crippen LogP contribution is 2.38. The lowest BCUT2D eigenvalue weighted by Gasteiger charge is -2.45. The van der Waals surface area contributed by atoms with Gasteiger partial charge in [0.05, 0.1) is 11.6 Å². The van der Waals surface area contributed by atoms with Crippen LogP contribution in [0, 0.1) is 0 Å². The van der Waals surface area contributed by atoms with Crippen LogP contribution in [0.25, 0.3) is 11.1 Å². The third-order valence-electron chi connectivity index (χ3n) is 5.14. The molecule has 2 aromatic carbocycles. The van der Waals surface area contributed by atoms with Crippen LogP contribution in [-0.2, 0) is 4.74 Å². The number of aliphatic hydroxyl groups is 4. The molecule has 3 rings (SSSR count). The Morgan fingerprint density at radius 3 is 2.50 bits per heavy atom. The average molecular weight is 438 g/mol. The van der Waals surface area contributed by atoms with Crippen LogP contribution >= 0.6 is 11.6 Å². The van der Waals surface area contributed by atoms with Crippen LogP contribution in [0.5, 0.6) is 5.75 Å². The highest BCUT2D eigenvalue weighted by molar-refractivity contribution is 6.34. The molecule has 0 aliphatic carbocycles. The fraction of sp³-hybridized carbons (Fsp3) is 0.381.